The smallest absolute Gasteiger partial charge is 0.0270 e. The van der Waals surface area contributed by atoms with Crippen molar-refractivity contribution < 1.29 is 0 Å². The average Bonchev–Trinajstić information content (AvgIpc) is 2.31. The van der Waals surface area contributed by atoms with Gasteiger partial charge in [-0.3, -0.25) is 4.98 Å². The van der Waals surface area contributed by atoms with Gasteiger partial charge in [0.2, 0.25) is 0 Å². The lowest BCUT2D eigenvalue weighted by molar-refractivity contribution is 0.540. The summed E-state index contributed by atoms with van der Waals surface area (Å²) in [7, 11) is 0. The van der Waals surface area contributed by atoms with Gasteiger partial charge in [0.1, 0.15) is 0 Å². The predicted molar refractivity (Wildman–Crippen MR) is 73.0 cm³/mol. The molecular formula is C13H22N2S. The maximum absolute atomic E-state index is 4.02. The Labute approximate surface area is 103 Å². The van der Waals surface area contributed by atoms with E-state index < -0.39 is 0 Å². The molecular weight excluding hydrogens is 216 g/mol. The van der Waals surface area contributed by atoms with Crippen molar-refractivity contribution in [3.8, 4) is 0 Å². The summed E-state index contributed by atoms with van der Waals surface area (Å²) in [6.07, 6.45) is 6.07. The number of nitrogens with zero attached hydrogens (tertiary/aromatic N) is 1. The minimum atomic E-state index is 0.626. The molecule has 0 aromatic carbocycles. The highest BCUT2D eigenvalue weighted by atomic mass is 32.2. The lowest BCUT2D eigenvalue weighted by atomic mass is 10.2. The van der Waals surface area contributed by atoms with E-state index in [1.54, 1.807) is 0 Å². The van der Waals surface area contributed by atoms with Crippen molar-refractivity contribution in [1.29, 1.82) is 0 Å². The van der Waals surface area contributed by atoms with Gasteiger partial charge in [0.15, 0.2) is 0 Å². The van der Waals surface area contributed by atoms with Crippen LogP contribution in [-0.4, -0.2) is 29.1 Å². The SMILES string of the molecule is CCSCCC(C)NCCc1ccncc1. The highest BCUT2D eigenvalue weighted by molar-refractivity contribution is 7.99. The maximum Gasteiger partial charge on any atom is 0.0270 e. The van der Waals surface area contributed by atoms with E-state index >= 15 is 0 Å². The number of aromatic nitrogens is 1. The van der Waals surface area contributed by atoms with Crippen molar-refractivity contribution in [3.63, 3.8) is 0 Å². The van der Waals surface area contributed by atoms with Crippen LogP contribution in [-0.2, 0) is 6.42 Å². The molecule has 0 radical (unpaired) electrons. The van der Waals surface area contributed by atoms with Gasteiger partial charge < -0.3 is 5.32 Å². The Kier molecular flexibility index (Phi) is 7.26. The largest absolute Gasteiger partial charge is 0.314 e. The topological polar surface area (TPSA) is 24.9 Å². The van der Waals surface area contributed by atoms with Crippen LogP contribution in [0.15, 0.2) is 24.5 Å². The van der Waals surface area contributed by atoms with E-state index in [-0.39, 0.29) is 0 Å². The number of thioether (sulfide) groups is 1. The molecule has 1 aromatic heterocycles. The lowest BCUT2D eigenvalue weighted by Gasteiger charge is -2.13. The number of hydrogen-bond acceptors (Lipinski definition) is 3. The molecule has 0 spiro atoms. The number of nitrogens with one attached hydrogen (secondary N) is 1. The highest BCUT2D eigenvalue weighted by Crippen LogP contribution is 2.04. The fourth-order valence-electron chi connectivity index (χ4n) is 1.52. The van der Waals surface area contributed by atoms with Crippen LogP contribution in [0, 0.1) is 0 Å². The second kappa shape index (κ2) is 8.59. The van der Waals surface area contributed by atoms with Gasteiger partial charge in [0.05, 0.1) is 0 Å². The summed E-state index contributed by atoms with van der Waals surface area (Å²) in [6.45, 7) is 5.54. The Balaban J connectivity index is 2.06. The molecule has 0 aliphatic rings. The average molecular weight is 238 g/mol. The first-order valence-electron chi connectivity index (χ1n) is 6.03. The Morgan fingerprint density at radius 3 is 2.81 bits per heavy atom. The van der Waals surface area contributed by atoms with Gasteiger partial charge in [-0.25, -0.2) is 0 Å². The van der Waals surface area contributed by atoms with E-state index in [1.807, 2.05) is 24.2 Å². The summed E-state index contributed by atoms with van der Waals surface area (Å²) in [4.78, 5) is 4.02. The van der Waals surface area contributed by atoms with Crippen LogP contribution in [0.25, 0.3) is 0 Å². The third-order valence-electron chi connectivity index (χ3n) is 2.56. The number of rotatable bonds is 8. The molecule has 1 atom stereocenters. The minimum Gasteiger partial charge on any atom is -0.314 e. The minimum absolute atomic E-state index is 0.626. The van der Waals surface area contributed by atoms with Crippen molar-refractivity contribution in [2.45, 2.75) is 32.7 Å². The summed E-state index contributed by atoms with van der Waals surface area (Å²) in [5.41, 5.74) is 1.36. The molecule has 1 unspecified atom stereocenters. The fourth-order valence-corrected chi connectivity index (χ4v) is 2.33. The van der Waals surface area contributed by atoms with Crippen LogP contribution in [0.3, 0.4) is 0 Å². The summed E-state index contributed by atoms with van der Waals surface area (Å²) < 4.78 is 0. The van der Waals surface area contributed by atoms with Gasteiger partial charge >= 0.3 is 0 Å². The van der Waals surface area contributed by atoms with Gasteiger partial charge in [0, 0.05) is 18.4 Å². The zero-order valence-corrected chi connectivity index (χ0v) is 11.1. The third kappa shape index (κ3) is 6.13. The van der Waals surface area contributed by atoms with Crippen LogP contribution in [0.1, 0.15) is 25.8 Å². The molecule has 1 aromatic rings. The van der Waals surface area contributed by atoms with Crippen LogP contribution in [0.4, 0.5) is 0 Å². The Bertz CT molecular complexity index is 264. The number of hydrogen-bond donors (Lipinski definition) is 1. The molecule has 0 saturated carbocycles. The Hall–Kier alpha value is -0.540. The van der Waals surface area contributed by atoms with Gasteiger partial charge in [-0.2, -0.15) is 11.8 Å². The predicted octanol–water partition coefficient (Wildman–Crippen LogP) is 2.75. The van der Waals surface area contributed by atoms with Crippen molar-refractivity contribution in [2.75, 3.05) is 18.1 Å². The summed E-state index contributed by atoms with van der Waals surface area (Å²) in [6, 6.07) is 4.79. The fraction of sp³-hybridized carbons (Fsp3) is 0.615. The van der Waals surface area contributed by atoms with Crippen LogP contribution < -0.4 is 5.32 Å². The molecule has 0 aliphatic carbocycles. The van der Waals surface area contributed by atoms with E-state index in [4.69, 9.17) is 0 Å². The Morgan fingerprint density at radius 2 is 2.12 bits per heavy atom. The first-order chi connectivity index (χ1) is 7.83. The Morgan fingerprint density at radius 1 is 1.38 bits per heavy atom. The molecule has 0 amide bonds. The number of pyridine rings is 1. The van der Waals surface area contributed by atoms with Crippen molar-refractivity contribution in [2.24, 2.45) is 0 Å². The third-order valence-corrected chi connectivity index (χ3v) is 3.49. The molecule has 0 bridgehead atoms. The van der Waals surface area contributed by atoms with Crippen molar-refractivity contribution in [3.05, 3.63) is 30.1 Å². The molecule has 16 heavy (non-hydrogen) atoms. The molecule has 2 nitrogen and oxygen atoms in total. The summed E-state index contributed by atoms with van der Waals surface area (Å²) in [5, 5.41) is 3.56. The highest BCUT2D eigenvalue weighted by Gasteiger charge is 2.00. The molecule has 1 heterocycles. The molecule has 0 aliphatic heterocycles. The molecule has 1 N–H and O–H groups in total. The molecule has 3 heteroatoms. The van der Waals surface area contributed by atoms with Gasteiger partial charge in [-0.1, -0.05) is 6.92 Å². The molecule has 90 valence electrons. The van der Waals surface area contributed by atoms with Gasteiger partial charge in [0.25, 0.3) is 0 Å². The van der Waals surface area contributed by atoms with Crippen LogP contribution in [0.5, 0.6) is 0 Å². The van der Waals surface area contributed by atoms with E-state index in [1.165, 1.54) is 23.5 Å². The van der Waals surface area contributed by atoms with E-state index in [0.29, 0.717) is 6.04 Å². The summed E-state index contributed by atoms with van der Waals surface area (Å²) in [5.74, 6) is 2.49. The summed E-state index contributed by atoms with van der Waals surface area (Å²) >= 11 is 2.02. The standard InChI is InChI=1S/C13H22N2S/c1-3-16-11-7-12(2)15-10-6-13-4-8-14-9-5-13/h4-5,8-9,12,15H,3,6-7,10-11H2,1-2H3. The maximum atomic E-state index is 4.02. The molecule has 0 saturated heterocycles. The van der Waals surface area contributed by atoms with Crippen molar-refractivity contribution in [1.82, 2.24) is 10.3 Å². The van der Waals surface area contributed by atoms with E-state index in [9.17, 15) is 0 Å². The second-order valence-electron chi connectivity index (χ2n) is 3.95. The normalized spacial score (nSPS) is 12.6. The molecule has 0 fully saturated rings. The monoisotopic (exact) mass is 238 g/mol. The molecule has 1 rings (SSSR count). The van der Waals surface area contributed by atoms with Gasteiger partial charge in [-0.05, 0) is 55.5 Å². The van der Waals surface area contributed by atoms with Crippen LogP contribution in [0.2, 0.25) is 0 Å². The van der Waals surface area contributed by atoms with Gasteiger partial charge in [-0.15, -0.1) is 0 Å². The lowest BCUT2D eigenvalue weighted by Crippen LogP contribution is -2.28. The quantitative estimate of drug-likeness (QED) is 0.705. The zero-order chi connectivity index (χ0) is 11.6. The van der Waals surface area contributed by atoms with Crippen molar-refractivity contribution >= 4 is 11.8 Å². The first-order valence-corrected chi connectivity index (χ1v) is 7.18. The first kappa shape index (κ1) is 13.5. The van der Waals surface area contributed by atoms with Crippen LogP contribution >= 0.6 is 11.8 Å². The zero-order valence-electron chi connectivity index (χ0n) is 10.3. The second-order valence-corrected chi connectivity index (χ2v) is 5.34. The van der Waals surface area contributed by atoms with E-state index in [0.717, 1.165) is 13.0 Å². The van der Waals surface area contributed by atoms with E-state index in [2.05, 4.69) is 36.3 Å².